The van der Waals surface area contributed by atoms with Crippen molar-refractivity contribution in [1.29, 1.82) is 0 Å². The third-order valence-corrected chi connectivity index (χ3v) is 2.27. The van der Waals surface area contributed by atoms with Crippen LogP contribution in [-0.2, 0) is 0 Å². The zero-order valence-electron chi connectivity index (χ0n) is 8.38. The van der Waals surface area contributed by atoms with Crippen molar-refractivity contribution in [3.05, 3.63) is 35.1 Å². The van der Waals surface area contributed by atoms with Crippen LogP contribution in [0.5, 0.6) is 0 Å². The molecule has 0 radical (unpaired) electrons. The second-order valence-corrected chi connectivity index (χ2v) is 3.46. The molecule has 0 saturated heterocycles. The number of aryl methyl sites for hydroxylation is 1. The second kappa shape index (κ2) is 4.33. The highest BCUT2D eigenvalue weighted by atomic mass is 19.1. The SMILES string of the molecule is Cc1ccc(F)cc1C(=O)C(C)CN. The summed E-state index contributed by atoms with van der Waals surface area (Å²) in [7, 11) is 0. The van der Waals surface area contributed by atoms with Crippen LogP contribution in [-0.4, -0.2) is 12.3 Å². The first-order chi connectivity index (χ1) is 6.56. The molecule has 0 aliphatic carbocycles. The molecule has 0 spiro atoms. The molecule has 2 N–H and O–H groups in total. The minimum atomic E-state index is -0.386. The van der Waals surface area contributed by atoms with E-state index in [0.29, 0.717) is 5.56 Å². The second-order valence-electron chi connectivity index (χ2n) is 3.46. The van der Waals surface area contributed by atoms with Crippen molar-refractivity contribution < 1.29 is 9.18 Å². The van der Waals surface area contributed by atoms with E-state index in [4.69, 9.17) is 5.73 Å². The number of carbonyl (C=O) groups excluding carboxylic acids is 1. The average Bonchev–Trinajstić information content (AvgIpc) is 2.19. The van der Waals surface area contributed by atoms with Gasteiger partial charge < -0.3 is 5.73 Å². The van der Waals surface area contributed by atoms with Gasteiger partial charge >= 0.3 is 0 Å². The van der Waals surface area contributed by atoms with Crippen LogP contribution in [0.4, 0.5) is 4.39 Å². The van der Waals surface area contributed by atoms with Gasteiger partial charge in [0.25, 0.3) is 0 Å². The summed E-state index contributed by atoms with van der Waals surface area (Å²) in [5, 5.41) is 0. The van der Waals surface area contributed by atoms with Crippen LogP contribution in [0.2, 0.25) is 0 Å². The Morgan fingerprint density at radius 2 is 2.21 bits per heavy atom. The van der Waals surface area contributed by atoms with Gasteiger partial charge in [-0.3, -0.25) is 4.79 Å². The lowest BCUT2D eigenvalue weighted by atomic mass is 9.96. The van der Waals surface area contributed by atoms with Crippen LogP contribution in [0, 0.1) is 18.7 Å². The predicted octanol–water partition coefficient (Wildman–Crippen LogP) is 1.91. The summed E-state index contributed by atoms with van der Waals surface area (Å²) in [5.41, 5.74) is 6.61. The number of carbonyl (C=O) groups is 1. The number of halogens is 1. The molecule has 0 heterocycles. The third kappa shape index (κ3) is 2.17. The van der Waals surface area contributed by atoms with Crippen molar-refractivity contribution in [1.82, 2.24) is 0 Å². The minimum absolute atomic E-state index is 0.0931. The molecule has 0 bridgehead atoms. The van der Waals surface area contributed by atoms with E-state index in [9.17, 15) is 9.18 Å². The van der Waals surface area contributed by atoms with Gasteiger partial charge in [0.05, 0.1) is 0 Å². The van der Waals surface area contributed by atoms with Crippen LogP contribution < -0.4 is 5.73 Å². The van der Waals surface area contributed by atoms with Crippen LogP contribution in [0.3, 0.4) is 0 Å². The first-order valence-corrected chi connectivity index (χ1v) is 4.56. The number of Topliss-reactive ketones (excluding diaryl/α,β-unsaturated/α-hetero) is 1. The summed E-state index contributed by atoms with van der Waals surface area (Å²) in [4.78, 5) is 11.7. The number of benzene rings is 1. The summed E-state index contributed by atoms with van der Waals surface area (Å²) in [6.07, 6.45) is 0. The fraction of sp³-hybridized carbons (Fsp3) is 0.364. The van der Waals surface area contributed by atoms with Gasteiger partial charge in [0.1, 0.15) is 5.82 Å². The van der Waals surface area contributed by atoms with E-state index in [2.05, 4.69) is 0 Å². The Bertz CT molecular complexity index is 349. The van der Waals surface area contributed by atoms with Gasteiger partial charge in [-0.25, -0.2) is 4.39 Å². The van der Waals surface area contributed by atoms with E-state index in [1.807, 2.05) is 0 Å². The number of hydrogen-bond acceptors (Lipinski definition) is 2. The zero-order valence-corrected chi connectivity index (χ0v) is 8.38. The van der Waals surface area contributed by atoms with Gasteiger partial charge in [0, 0.05) is 18.0 Å². The zero-order chi connectivity index (χ0) is 10.7. The lowest BCUT2D eigenvalue weighted by Crippen LogP contribution is -2.21. The topological polar surface area (TPSA) is 43.1 Å². The van der Waals surface area contributed by atoms with Gasteiger partial charge in [-0.05, 0) is 24.6 Å². The quantitative estimate of drug-likeness (QED) is 0.749. The van der Waals surface area contributed by atoms with Crippen molar-refractivity contribution in [2.45, 2.75) is 13.8 Å². The number of ketones is 1. The van der Waals surface area contributed by atoms with E-state index >= 15 is 0 Å². The summed E-state index contributed by atoms with van der Waals surface area (Å²) in [6, 6.07) is 4.22. The molecule has 0 saturated carbocycles. The van der Waals surface area contributed by atoms with E-state index in [1.54, 1.807) is 19.9 Å². The Labute approximate surface area is 82.9 Å². The third-order valence-electron chi connectivity index (χ3n) is 2.27. The molecule has 1 aromatic rings. The molecule has 0 aromatic heterocycles. The van der Waals surface area contributed by atoms with Crippen molar-refractivity contribution in [3.8, 4) is 0 Å². The van der Waals surface area contributed by atoms with E-state index in [1.165, 1.54) is 12.1 Å². The molecule has 0 aliphatic heterocycles. The Morgan fingerprint density at radius 3 is 2.79 bits per heavy atom. The van der Waals surface area contributed by atoms with Crippen LogP contribution >= 0.6 is 0 Å². The summed E-state index contributed by atoms with van der Waals surface area (Å²) in [6.45, 7) is 3.82. The summed E-state index contributed by atoms with van der Waals surface area (Å²) < 4.78 is 12.9. The normalized spacial score (nSPS) is 12.6. The van der Waals surface area contributed by atoms with E-state index in [-0.39, 0.29) is 24.1 Å². The highest BCUT2D eigenvalue weighted by Gasteiger charge is 2.15. The largest absolute Gasteiger partial charge is 0.330 e. The fourth-order valence-corrected chi connectivity index (χ4v) is 1.23. The number of hydrogen-bond donors (Lipinski definition) is 1. The molecule has 1 unspecified atom stereocenters. The molecule has 14 heavy (non-hydrogen) atoms. The first kappa shape index (κ1) is 10.9. The lowest BCUT2D eigenvalue weighted by Gasteiger charge is -2.09. The molecule has 3 heteroatoms. The van der Waals surface area contributed by atoms with Crippen molar-refractivity contribution in [2.24, 2.45) is 11.7 Å². The Morgan fingerprint density at radius 1 is 1.57 bits per heavy atom. The maximum atomic E-state index is 12.9. The maximum Gasteiger partial charge on any atom is 0.167 e. The molecule has 0 aliphatic rings. The average molecular weight is 195 g/mol. The molecule has 0 fully saturated rings. The molecule has 76 valence electrons. The lowest BCUT2D eigenvalue weighted by molar-refractivity contribution is 0.0933. The fourth-order valence-electron chi connectivity index (χ4n) is 1.23. The highest BCUT2D eigenvalue weighted by molar-refractivity contribution is 5.99. The maximum absolute atomic E-state index is 12.9. The van der Waals surface area contributed by atoms with Crippen molar-refractivity contribution >= 4 is 5.78 Å². The van der Waals surface area contributed by atoms with Gasteiger partial charge in [-0.1, -0.05) is 13.0 Å². The standard InChI is InChI=1S/C11H14FNO/c1-7-3-4-9(12)5-10(7)11(14)8(2)6-13/h3-5,8H,6,13H2,1-2H3. The Kier molecular flexibility index (Phi) is 3.36. The van der Waals surface area contributed by atoms with Crippen molar-refractivity contribution in [2.75, 3.05) is 6.54 Å². The molecule has 1 aromatic carbocycles. The predicted molar refractivity (Wildman–Crippen MR) is 53.7 cm³/mol. The van der Waals surface area contributed by atoms with Gasteiger partial charge in [-0.2, -0.15) is 0 Å². The molecular weight excluding hydrogens is 181 g/mol. The summed E-state index contributed by atoms with van der Waals surface area (Å²) >= 11 is 0. The van der Waals surface area contributed by atoms with Crippen LogP contribution in [0.15, 0.2) is 18.2 Å². The van der Waals surface area contributed by atoms with Gasteiger partial charge in [-0.15, -0.1) is 0 Å². The Balaban J connectivity index is 3.06. The first-order valence-electron chi connectivity index (χ1n) is 4.56. The Hall–Kier alpha value is -1.22. The number of nitrogens with two attached hydrogens (primary N) is 1. The molecule has 1 rings (SSSR count). The summed E-state index contributed by atoms with van der Waals surface area (Å²) in [5.74, 6) is -0.733. The van der Waals surface area contributed by atoms with Gasteiger partial charge in [0.2, 0.25) is 0 Å². The monoisotopic (exact) mass is 195 g/mol. The van der Waals surface area contributed by atoms with Crippen LogP contribution in [0.1, 0.15) is 22.8 Å². The van der Waals surface area contributed by atoms with E-state index in [0.717, 1.165) is 5.56 Å². The molecule has 2 nitrogen and oxygen atoms in total. The van der Waals surface area contributed by atoms with Crippen molar-refractivity contribution in [3.63, 3.8) is 0 Å². The number of rotatable bonds is 3. The molecular formula is C11H14FNO. The molecule has 1 atom stereocenters. The van der Waals surface area contributed by atoms with E-state index < -0.39 is 0 Å². The van der Waals surface area contributed by atoms with Gasteiger partial charge in [0.15, 0.2) is 5.78 Å². The highest BCUT2D eigenvalue weighted by Crippen LogP contribution is 2.14. The minimum Gasteiger partial charge on any atom is -0.330 e. The van der Waals surface area contributed by atoms with Crippen LogP contribution in [0.25, 0.3) is 0 Å². The molecule has 0 amide bonds. The smallest absolute Gasteiger partial charge is 0.167 e.